The van der Waals surface area contributed by atoms with Gasteiger partial charge in [0.2, 0.25) is 25.8 Å². The second kappa shape index (κ2) is 11.0. The van der Waals surface area contributed by atoms with E-state index >= 15 is 0 Å². The molecule has 1 heterocycles. The van der Waals surface area contributed by atoms with Crippen molar-refractivity contribution in [3.63, 3.8) is 0 Å². The van der Waals surface area contributed by atoms with Crippen molar-refractivity contribution in [3.8, 4) is 0 Å². The van der Waals surface area contributed by atoms with Crippen molar-refractivity contribution in [2.75, 3.05) is 25.1 Å². The van der Waals surface area contributed by atoms with Gasteiger partial charge in [0, 0.05) is 48.4 Å². The van der Waals surface area contributed by atoms with Crippen LogP contribution in [0.4, 0.5) is 13.2 Å². The van der Waals surface area contributed by atoms with Crippen LogP contribution < -0.4 is 4.72 Å². The third-order valence-electron chi connectivity index (χ3n) is 5.68. The minimum atomic E-state index is -5.05. The third kappa shape index (κ3) is 6.72. The van der Waals surface area contributed by atoms with Gasteiger partial charge in [-0.1, -0.05) is 18.2 Å². The zero-order valence-corrected chi connectivity index (χ0v) is 21.6. The molecule has 0 bridgehead atoms. The Morgan fingerprint density at radius 1 is 1.03 bits per heavy atom. The molecule has 1 amide bonds. The molecule has 0 saturated carbocycles. The van der Waals surface area contributed by atoms with Gasteiger partial charge in [0.25, 0.3) is 0 Å². The van der Waals surface area contributed by atoms with Crippen LogP contribution >= 0.6 is 0 Å². The summed E-state index contributed by atoms with van der Waals surface area (Å²) in [7, 11) is -10.2. The Hall–Kier alpha value is -2.29. The number of hydrogen-bond donors (Lipinski definition) is 1. The summed E-state index contributed by atoms with van der Waals surface area (Å²) in [4.78, 5) is 11.7. The van der Waals surface area contributed by atoms with E-state index in [1.54, 1.807) is 6.07 Å². The van der Waals surface area contributed by atoms with E-state index in [0.29, 0.717) is 12.1 Å². The first-order valence-corrected chi connectivity index (χ1v) is 15.5. The van der Waals surface area contributed by atoms with Crippen molar-refractivity contribution < 1.29 is 39.0 Å². The van der Waals surface area contributed by atoms with Gasteiger partial charge < -0.3 is 4.90 Å². The molecule has 1 aliphatic heterocycles. The van der Waals surface area contributed by atoms with Crippen molar-refractivity contribution in [1.29, 1.82) is 0 Å². The highest BCUT2D eigenvalue weighted by Crippen LogP contribution is 2.36. The van der Waals surface area contributed by atoms with Gasteiger partial charge in [0.05, 0.1) is 20.2 Å². The number of benzene rings is 2. The molecule has 0 aliphatic carbocycles. The predicted octanol–water partition coefficient (Wildman–Crippen LogP) is 2.58. The molecular formula is C22H25F3N2O6S3. The number of carbonyl (C=O) groups is 1. The van der Waals surface area contributed by atoms with Gasteiger partial charge in [0.1, 0.15) is 0 Å². The van der Waals surface area contributed by atoms with Crippen LogP contribution in [0, 0.1) is 0 Å². The average molecular weight is 567 g/mol. The van der Waals surface area contributed by atoms with Crippen molar-refractivity contribution in [1.82, 2.24) is 9.62 Å². The molecule has 1 saturated heterocycles. The van der Waals surface area contributed by atoms with Gasteiger partial charge in [-0.15, -0.1) is 0 Å². The zero-order chi connectivity index (χ0) is 26.7. The van der Waals surface area contributed by atoms with Crippen molar-refractivity contribution in [3.05, 3.63) is 54.1 Å². The molecule has 3 rings (SSSR count). The summed E-state index contributed by atoms with van der Waals surface area (Å²) in [5.74, 6) is -0.0296. The van der Waals surface area contributed by atoms with Gasteiger partial charge in [0.15, 0.2) is 0 Å². The lowest BCUT2D eigenvalue weighted by Gasteiger charge is -2.32. The first kappa shape index (κ1) is 28.3. The Morgan fingerprint density at radius 3 is 2.19 bits per heavy atom. The van der Waals surface area contributed by atoms with E-state index in [-0.39, 0.29) is 48.9 Å². The standard InChI is InChI=1S/C22H25F3N2O6S3/c1-34(29)14-11-21(28)27-12-9-16(10-13-27)26-36(32,33)20-15-18(7-8-19(20)22(23,24)25)35(30,31)17-5-3-2-4-6-17/h2-8,15-16,26H,9-14H2,1H3. The Kier molecular flexibility index (Phi) is 8.63. The molecule has 1 atom stereocenters. The number of alkyl halides is 3. The van der Waals surface area contributed by atoms with Gasteiger partial charge in [-0.05, 0) is 43.2 Å². The molecule has 0 radical (unpaired) electrons. The quantitative estimate of drug-likeness (QED) is 0.525. The maximum Gasteiger partial charge on any atom is 0.417 e. The number of piperidine rings is 1. The molecule has 1 aliphatic rings. The number of amides is 1. The average Bonchev–Trinajstić information content (AvgIpc) is 2.82. The Morgan fingerprint density at radius 2 is 1.64 bits per heavy atom. The summed E-state index contributed by atoms with van der Waals surface area (Å²) in [5.41, 5.74) is -1.48. The van der Waals surface area contributed by atoms with Crippen LogP contribution in [0.2, 0.25) is 0 Å². The maximum absolute atomic E-state index is 13.7. The summed E-state index contributed by atoms with van der Waals surface area (Å²) in [6, 6.07) is 7.91. The molecule has 0 spiro atoms. The highest BCUT2D eigenvalue weighted by molar-refractivity contribution is 7.91. The molecule has 2 aromatic carbocycles. The number of sulfonamides is 1. The van der Waals surface area contributed by atoms with Crippen LogP contribution in [0.5, 0.6) is 0 Å². The highest BCUT2D eigenvalue weighted by Gasteiger charge is 2.39. The minimum Gasteiger partial charge on any atom is -0.343 e. The van der Waals surface area contributed by atoms with Crippen molar-refractivity contribution in [2.24, 2.45) is 0 Å². The molecule has 1 fully saturated rings. The van der Waals surface area contributed by atoms with Crippen LogP contribution in [-0.2, 0) is 41.6 Å². The fourth-order valence-electron chi connectivity index (χ4n) is 3.78. The normalized spacial score (nSPS) is 16.6. The van der Waals surface area contributed by atoms with Gasteiger partial charge >= 0.3 is 6.18 Å². The topological polar surface area (TPSA) is 118 Å². The molecule has 198 valence electrons. The monoisotopic (exact) mass is 566 g/mol. The second-order valence-electron chi connectivity index (χ2n) is 8.28. The Bertz CT molecular complexity index is 1340. The molecule has 1 unspecified atom stereocenters. The van der Waals surface area contributed by atoms with E-state index in [9.17, 15) is 39.0 Å². The number of rotatable bonds is 8. The molecule has 8 nitrogen and oxygen atoms in total. The van der Waals surface area contributed by atoms with Crippen LogP contribution in [0.25, 0.3) is 0 Å². The largest absolute Gasteiger partial charge is 0.417 e. The smallest absolute Gasteiger partial charge is 0.343 e. The summed E-state index contributed by atoms with van der Waals surface area (Å²) in [6.07, 6.45) is -3.18. The first-order chi connectivity index (χ1) is 16.7. The lowest BCUT2D eigenvalue weighted by Crippen LogP contribution is -2.46. The number of halogens is 3. The second-order valence-corrected chi connectivity index (χ2v) is 13.5. The van der Waals surface area contributed by atoms with E-state index < -0.39 is 58.2 Å². The minimum absolute atomic E-state index is 0.0805. The summed E-state index contributed by atoms with van der Waals surface area (Å²) in [5, 5.41) is 0. The van der Waals surface area contributed by atoms with E-state index in [0.717, 1.165) is 6.07 Å². The van der Waals surface area contributed by atoms with Gasteiger partial charge in [-0.25, -0.2) is 21.6 Å². The lowest BCUT2D eigenvalue weighted by atomic mass is 10.1. The van der Waals surface area contributed by atoms with Crippen LogP contribution in [0.3, 0.4) is 0 Å². The van der Waals surface area contributed by atoms with Crippen molar-refractivity contribution in [2.45, 2.75) is 46.2 Å². The van der Waals surface area contributed by atoms with Crippen LogP contribution in [0.15, 0.2) is 63.2 Å². The molecule has 36 heavy (non-hydrogen) atoms. The van der Waals surface area contributed by atoms with E-state index in [1.165, 1.54) is 35.4 Å². The summed E-state index contributed by atoms with van der Waals surface area (Å²) in [6.45, 7) is 0.355. The first-order valence-electron chi connectivity index (χ1n) is 10.8. The lowest BCUT2D eigenvalue weighted by molar-refractivity contribution is -0.140. The van der Waals surface area contributed by atoms with E-state index in [1.807, 2.05) is 0 Å². The van der Waals surface area contributed by atoms with E-state index in [4.69, 9.17) is 0 Å². The maximum atomic E-state index is 13.7. The zero-order valence-electron chi connectivity index (χ0n) is 19.2. The number of nitrogens with one attached hydrogen (secondary N) is 1. The third-order valence-corrected chi connectivity index (χ3v) is 9.79. The number of carbonyl (C=O) groups excluding carboxylic acids is 1. The molecule has 1 N–H and O–H groups in total. The van der Waals surface area contributed by atoms with Crippen LogP contribution in [-0.4, -0.2) is 63.0 Å². The SMILES string of the molecule is CS(=O)CCC(=O)N1CCC(NS(=O)(=O)c2cc(S(=O)(=O)c3ccccc3)ccc2C(F)(F)F)CC1. The molecule has 14 heteroatoms. The van der Waals surface area contributed by atoms with Gasteiger partial charge in [-0.2, -0.15) is 13.2 Å². The fourth-order valence-corrected chi connectivity index (χ4v) is 7.18. The highest BCUT2D eigenvalue weighted by atomic mass is 32.2. The Balaban J connectivity index is 1.85. The van der Waals surface area contributed by atoms with Crippen LogP contribution in [0.1, 0.15) is 24.8 Å². The molecule has 0 aromatic heterocycles. The number of likely N-dealkylation sites (tertiary alicyclic amines) is 1. The fraction of sp³-hybridized carbons (Fsp3) is 0.409. The number of hydrogen-bond acceptors (Lipinski definition) is 6. The molecule has 2 aromatic rings. The van der Waals surface area contributed by atoms with Gasteiger partial charge in [-0.3, -0.25) is 9.00 Å². The summed E-state index contributed by atoms with van der Waals surface area (Å²) < 4.78 is 106. The number of sulfone groups is 1. The molecular weight excluding hydrogens is 541 g/mol. The summed E-state index contributed by atoms with van der Waals surface area (Å²) >= 11 is 0. The Labute approximate surface area is 210 Å². The van der Waals surface area contributed by atoms with Crippen molar-refractivity contribution >= 4 is 36.6 Å². The van der Waals surface area contributed by atoms with E-state index in [2.05, 4.69) is 4.72 Å². The predicted molar refractivity (Wildman–Crippen MR) is 127 cm³/mol. The number of nitrogens with zero attached hydrogens (tertiary/aromatic N) is 1.